The SMILES string of the molecule is O=C(O)CN(C(=O)Cn1cc(Br)ccc1=O)C1CC1. The summed E-state index contributed by atoms with van der Waals surface area (Å²) in [5.41, 5.74) is -0.289. The van der Waals surface area contributed by atoms with Crippen molar-refractivity contribution >= 4 is 27.8 Å². The van der Waals surface area contributed by atoms with E-state index in [0.717, 1.165) is 12.8 Å². The van der Waals surface area contributed by atoms with Gasteiger partial charge in [0, 0.05) is 22.8 Å². The molecule has 1 saturated carbocycles. The first-order valence-electron chi connectivity index (χ1n) is 5.84. The van der Waals surface area contributed by atoms with Gasteiger partial charge in [-0.25, -0.2) is 0 Å². The van der Waals surface area contributed by atoms with Crippen LogP contribution in [0.25, 0.3) is 0 Å². The number of aromatic nitrogens is 1. The highest BCUT2D eigenvalue weighted by atomic mass is 79.9. The smallest absolute Gasteiger partial charge is 0.323 e. The number of nitrogens with zero attached hydrogens (tertiary/aromatic N) is 2. The highest BCUT2D eigenvalue weighted by Gasteiger charge is 2.33. The Hall–Kier alpha value is -1.63. The van der Waals surface area contributed by atoms with Crippen molar-refractivity contribution in [3.63, 3.8) is 0 Å². The zero-order chi connectivity index (χ0) is 14.0. The summed E-state index contributed by atoms with van der Waals surface area (Å²) < 4.78 is 1.96. The lowest BCUT2D eigenvalue weighted by molar-refractivity contribution is -0.145. The molecule has 0 unspecified atom stereocenters. The number of carbonyl (C=O) groups excluding carboxylic acids is 1. The predicted molar refractivity (Wildman–Crippen MR) is 70.8 cm³/mol. The third-order valence-corrected chi connectivity index (χ3v) is 3.34. The maximum absolute atomic E-state index is 12.1. The Morgan fingerprint density at radius 2 is 2.11 bits per heavy atom. The number of halogens is 1. The highest BCUT2D eigenvalue weighted by Crippen LogP contribution is 2.26. The van der Waals surface area contributed by atoms with Crippen molar-refractivity contribution in [1.29, 1.82) is 0 Å². The Morgan fingerprint density at radius 3 is 2.68 bits per heavy atom. The number of amides is 1. The Morgan fingerprint density at radius 1 is 1.42 bits per heavy atom. The number of pyridine rings is 1. The van der Waals surface area contributed by atoms with Gasteiger partial charge in [0.05, 0.1) is 0 Å². The molecule has 1 aromatic heterocycles. The average molecular weight is 329 g/mol. The maximum Gasteiger partial charge on any atom is 0.323 e. The maximum atomic E-state index is 12.1. The molecular weight excluding hydrogens is 316 g/mol. The van der Waals surface area contributed by atoms with E-state index in [0.29, 0.717) is 4.47 Å². The van der Waals surface area contributed by atoms with Gasteiger partial charge in [-0.15, -0.1) is 0 Å². The Labute approximate surface area is 117 Å². The van der Waals surface area contributed by atoms with Crippen molar-refractivity contribution in [2.75, 3.05) is 6.54 Å². The van der Waals surface area contributed by atoms with Crippen LogP contribution in [0.1, 0.15) is 12.8 Å². The zero-order valence-corrected chi connectivity index (χ0v) is 11.7. The largest absolute Gasteiger partial charge is 0.480 e. The van der Waals surface area contributed by atoms with Crippen molar-refractivity contribution in [3.05, 3.63) is 33.2 Å². The second kappa shape index (κ2) is 5.56. The first-order valence-corrected chi connectivity index (χ1v) is 6.64. The van der Waals surface area contributed by atoms with Crippen LogP contribution in [0, 0.1) is 0 Å². The number of carbonyl (C=O) groups is 2. The van der Waals surface area contributed by atoms with Gasteiger partial charge in [-0.1, -0.05) is 0 Å². The van der Waals surface area contributed by atoms with E-state index in [1.165, 1.54) is 21.7 Å². The van der Waals surface area contributed by atoms with Gasteiger partial charge in [-0.05, 0) is 34.8 Å². The van der Waals surface area contributed by atoms with Crippen molar-refractivity contribution in [3.8, 4) is 0 Å². The summed E-state index contributed by atoms with van der Waals surface area (Å²) in [4.78, 5) is 35.8. The summed E-state index contributed by atoms with van der Waals surface area (Å²) in [6, 6.07) is 2.96. The molecule has 1 fully saturated rings. The molecule has 6 nitrogen and oxygen atoms in total. The molecule has 7 heteroatoms. The van der Waals surface area contributed by atoms with Crippen LogP contribution in [-0.4, -0.2) is 39.0 Å². The van der Waals surface area contributed by atoms with Crippen molar-refractivity contribution in [2.24, 2.45) is 0 Å². The van der Waals surface area contributed by atoms with E-state index >= 15 is 0 Å². The lowest BCUT2D eigenvalue weighted by Gasteiger charge is -2.20. The minimum absolute atomic E-state index is 0.00598. The Balaban J connectivity index is 2.12. The standard InChI is InChI=1S/C12H13BrN2O4/c13-8-1-4-10(16)14(5-8)6-11(17)15(7-12(18)19)9-2-3-9/h1,4-5,9H,2-3,6-7H2,(H,18,19). The average Bonchev–Trinajstić information content (AvgIpc) is 3.14. The van der Waals surface area contributed by atoms with E-state index in [-0.39, 0.29) is 30.6 Å². The van der Waals surface area contributed by atoms with E-state index in [1.807, 2.05) is 0 Å². The minimum Gasteiger partial charge on any atom is -0.480 e. The first-order chi connectivity index (χ1) is 8.97. The number of hydrogen-bond donors (Lipinski definition) is 1. The van der Waals surface area contributed by atoms with Gasteiger partial charge in [-0.2, -0.15) is 0 Å². The number of aliphatic carboxylic acids is 1. The molecule has 0 spiro atoms. The molecule has 0 saturated heterocycles. The van der Waals surface area contributed by atoms with E-state index in [4.69, 9.17) is 5.11 Å². The molecule has 0 aromatic carbocycles. The van der Waals surface area contributed by atoms with Crippen LogP contribution in [0.2, 0.25) is 0 Å². The fourth-order valence-electron chi connectivity index (χ4n) is 1.82. The van der Waals surface area contributed by atoms with Gasteiger partial charge in [0.15, 0.2) is 0 Å². The molecule has 0 atom stereocenters. The zero-order valence-electron chi connectivity index (χ0n) is 10.1. The summed E-state index contributed by atoms with van der Waals surface area (Å²) in [6.45, 7) is -0.450. The molecule has 1 N–H and O–H groups in total. The van der Waals surface area contributed by atoms with Gasteiger partial charge in [0.25, 0.3) is 5.56 Å². The fraction of sp³-hybridized carbons (Fsp3) is 0.417. The molecular formula is C12H13BrN2O4. The molecule has 2 rings (SSSR count). The third-order valence-electron chi connectivity index (χ3n) is 2.87. The third kappa shape index (κ3) is 3.66. The summed E-state index contributed by atoms with van der Waals surface area (Å²) >= 11 is 3.23. The second-order valence-corrected chi connectivity index (χ2v) is 5.38. The molecule has 1 aromatic rings. The minimum atomic E-state index is -1.04. The van der Waals surface area contributed by atoms with Gasteiger partial charge in [0.2, 0.25) is 5.91 Å². The topological polar surface area (TPSA) is 79.6 Å². The van der Waals surface area contributed by atoms with Gasteiger partial charge in [0.1, 0.15) is 13.1 Å². The normalized spacial score (nSPS) is 14.2. The van der Waals surface area contributed by atoms with Crippen LogP contribution in [-0.2, 0) is 16.1 Å². The number of carboxylic acids is 1. The van der Waals surface area contributed by atoms with Gasteiger partial charge >= 0.3 is 5.97 Å². The number of carboxylic acid groups (broad SMARTS) is 1. The fourth-order valence-corrected chi connectivity index (χ4v) is 2.19. The van der Waals surface area contributed by atoms with Crippen molar-refractivity contribution in [1.82, 2.24) is 9.47 Å². The van der Waals surface area contributed by atoms with Crippen LogP contribution in [0.15, 0.2) is 27.6 Å². The van der Waals surface area contributed by atoms with Crippen LogP contribution < -0.4 is 5.56 Å². The quantitative estimate of drug-likeness (QED) is 0.862. The molecule has 1 amide bonds. The van der Waals surface area contributed by atoms with Crippen LogP contribution in [0.5, 0.6) is 0 Å². The highest BCUT2D eigenvalue weighted by molar-refractivity contribution is 9.10. The molecule has 0 radical (unpaired) electrons. The van der Waals surface area contributed by atoms with Crippen LogP contribution in [0.4, 0.5) is 0 Å². The monoisotopic (exact) mass is 328 g/mol. The van der Waals surface area contributed by atoms with Crippen molar-refractivity contribution in [2.45, 2.75) is 25.4 Å². The first kappa shape index (κ1) is 13.8. The van der Waals surface area contributed by atoms with E-state index < -0.39 is 5.97 Å². The van der Waals surface area contributed by atoms with Gasteiger partial charge in [-0.3, -0.25) is 14.4 Å². The second-order valence-electron chi connectivity index (χ2n) is 4.46. The Kier molecular flexibility index (Phi) is 4.04. The molecule has 19 heavy (non-hydrogen) atoms. The summed E-state index contributed by atoms with van der Waals surface area (Å²) in [5, 5.41) is 8.80. The summed E-state index contributed by atoms with van der Waals surface area (Å²) in [5.74, 6) is -1.38. The summed E-state index contributed by atoms with van der Waals surface area (Å²) in [6.07, 6.45) is 3.17. The van der Waals surface area contributed by atoms with Crippen LogP contribution >= 0.6 is 15.9 Å². The molecule has 1 aliphatic carbocycles. The Bertz CT molecular complexity index is 565. The molecule has 0 bridgehead atoms. The van der Waals surface area contributed by atoms with E-state index in [1.54, 1.807) is 6.07 Å². The summed E-state index contributed by atoms with van der Waals surface area (Å²) in [7, 11) is 0. The van der Waals surface area contributed by atoms with Crippen molar-refractivity contribution < 1.29 is 14.7 Å². The van der Waals surface area contributed by atoms with E-state index in [9.17, 15) is 14.4 Å². The predicted octanol–water partition coefficient (Wildman–Crippen LogP) is 0.686. The molecule has 102 valence electrons. The number of rotatable bonds is 5. The number of hydrogen-bond acceptors (Lipinski definition) is 3. The molecule has 1 aliphatic rings. The lowest BCUT2D eigenvalue weighted by Crippen LogP contribution is -2.40. The van der Waals surface area contributed by atoms with Gasteiger partial charge < -0.3 is 14.6 Å². The molecule has 1 heterocycles. The molecule has 0 aliphatic heterocycles. The van der Waals surface area contributed by atoms with Crippen LogP contribution in [0.3, 0.4) is 0 Å². The van der Waals surface area contributed by atoms with E-state index in [2.05, 4.69) is 15.9 Å². The lowest BCUT2D eigenvalue weighted by atomic mass is 10.4.